The highest BCUT2D eigenvalue weighted by Gasteiger charge is 2.26. The van der Waals surface area contributed by atoms with Crippen molar-refractivity contribution in [3.8, 4) is 0 Å². The van der Waals surface area contributed by atoms with Crippen molar-refractivity contribution in [1.82, 2.24) is 5.16 Å². The number of hydrogen-bond acceptors (Lipinski definition) is 5. The van der Waals surface area contributed by atoms with E-state index < -0.39 is 5.97 Å². The van der Waals surface area contributed by atoms with E-state index >= 15 is 0 Å². The minimum atomic E-state index is -0.695. The Morgan fingerprint density at radius 3 is 2.79 bits per heavy atom. The van der Waals surface area contributed by atoms with Crippen LogP contribution in [0.5, 0.6) is 0 Å². The van der Waals surface area contributed by atoms with Crippen molar-refractivity contribution < 1.29 is 23.9 Å². The monoisotopic (exact) mass is 269 g/mol. The Morgan fingerprint density at radius 1 is 1.42 bits per heavy atom. The maximum Gasteiger partial charge on any atom is 0.306 e. The topological polar surface area (TPSA) is 81.8 Å². The smallest absolute Gasteiger partial charge is 0.306 e. The molecule has 1 aromatic heterocycles. The lowest BCUT2D eigenvalue weighted by atomic mass is 9.87. The molecule has 0 radical (unpaired) electrons. The summed E-state index contributed by atoms with van der Waals surface area (Å²) in [5.74, 6) is -0.227. The van der Waals surface area contributed by atoms with E-state index in [2.05, 4.69) is 5.16 Å². The van der Waals surface area contributed by atoms with Crippen LogP contribution in [0.15, 0.2) is 10.6 Å². The fourth-order valence-electron chi connectivity index (χ4n) is 2.31. The van der Waals surface area contributed by atoms with Crippen LogP contribution < -0.4 is 0 Å². The first-order valence-electron chi connectivity index (χ1n) is 6.47. The van der Waals surface area contributed by atoms with E-state index in [4.69, 9.17) is 19.1 Å². The number of carboxylic acid groups (broad SMARTS) is 1. The highest BCUT2D eigenvalue weighted by atomic mass is 16.5. The number of methoxy groups -OCH3 is 1. The molecule has 1 aliphatic rings. The lowest BCUT2D eigenvalue weighted by Gasteiger charge is -2.25. The third-order valence-electron chi connectivity index (χ3n) is 3.38. The van der Waals surface area contributed by atoms with Crippen molar-refractivity contribution in [1.29, 1.82) is 0 Å². The molecule has 0 bridgehead atoms. The highest BCUT2D eigenvalue weighted by Crippen LogP contribution is 2.26. The summed E-state index contributed by atoms with van der Waals surface area (Å²) >= 11 is 0. The largest absolute Gasteiger partial charge is 0.481 e. The van der Waals surface area contributed by atoms with Gasteiger partial charge in [-0.2, -0.15) is 0 Å². The molecule has 0 saturated heterocycles. The van der Waals surface area contributed by atoms with Crippen molar-refractivity contribution in [2.75, 3.05) is 7.11 Å². The zero-order valence-electron chi connectivity index (χ0n) is 11.0. The predicted octanol–water partition coefficient (Wildman–Crippen LogP) is 1.98. The van der Waals surface area contributed by atoms with Crippen LogP contribution >= 0.6 is 0 Å². The molecule has 106 valence electrons. The summed E-state index contributed by atoms with van der Waals surface area (Å²) in [5.41, 5.74) is 0.743. The Balaban J connectivity index is 1.72. The first-order valence-corrected chi connectivity index (χ1v) is 6.47. The predicted molar refractivity (Wildman–Crippen MR) is 65.4 cm³/mol. The van der Waals surface area contributed by atoms with Gasteiger partial charge in [0.1, 0.15) is 12.3 Å². The van der Waals surface area contributed by atoms with E-state index in [-0.39, 0.29) is 12.0 Å². The van der Waals surface area contributed by atoms with E-state index in [0.717, 1.165) is 18.5 Å². The van der Waals surface area contributed by atoms with Crippen LogP contribution in [0.3, 0.4) is 0 Å². The molecule has 1 aliphatic carbocycles. The number of nitrogens with zero attached hydrogens (tertiary/aromatic N) is 1. The first-order chi connectivity index (χ1) is 9.19. The Hall–Kier alpha value is -1.40. The molecule has 0 aliphatic heterocycles. The fraction of sp³-hybridized carbons (Fsp3) is 0.692. The van der Waals surface area contributed by atoms with E-state index in [0.29, 0.717) is 31.8 Å². The van der Waals surface area contributed by atoms with Crippen molar-refractivity contribution >= 4 is 5.97 Å². The van der Waals surface area contributed by atoms with Gasteiger partial charge in [-0.1, -0.05) is 5.16 Å². The summed E-state index contributed by atoms with van der Waals surface area (Å²) in [7, 11) is 1.60. The third kappa shape index (κ3) is 4.04. The Bertz CT molecular complexity index is 409. The van der Waals surface area contributed by atoms with Gasteiger partial charge >= 0.3 is 5.97 Å². The number of aromatic nitrogens is 1. The minimum Gasteiger partial charge on any atom is -0.481 e. The fourth-order valence-corrected chi connectivity index (χ4v) is 2.31. The zero-order valence-corrected chi connectivity index (χ0v) is 11.0. The van der Waals surface area contributed by atoms with Crippen molar-refractivity contribution in [3.05, 3.63) is 17.5 Å². The van der Waals surface area contributed by atoms with E-state index in [9.17, 15) is 4.79 Å². The number of rotatable bonds is 6. The molecule has 0 aromatic carbocycles. The van der Waals surface area contributed by atoms with Gasteiger partial charge in [0.05, 0.1) is 18.6 Å². The molecular formula is C13H19NO5. The minimum absolute atomic E-state index is 0.123. The first kappa shape index (κ1) is 14.0. The number of carbonyl (C=O) groups is 1. The number of carboxylic acids is 1. The van der Waals surface area contributed by atoms with Gasteiger partial charge in [-0.15, -0.1) is 0 Å². The Labute approximate surface area is 111 Å². The lowest BCUT2D eigenvalue weighted by molar-refractivity contribution is -0.143. The van der Waals surface area contributed by atoms with Crippen LogP contribution in [0.25, 0.3) is 0 Å². The van der Waals surface area contributed by atoms with E-state index in [1.165, 1.54) is 0 Å². The summed E-state index contributed by atoms with van der Waals surface area (Å²) in [6.45, 7) is 0.798. The average molecular weight is 269 g/mol. The van der Waals surface area contributed by atoms with Crippen LogP contribution in [0.2, 0.25) is 0 Å². The normalized spacial score (nSPS) is 23.4. The van der Waals surface area contributed by atoms with Gasteiger partial charge in [0, 0.05) is 13.2 Å². The Morgan fingerprint density at radius 2 is 2.16 bits per heavy atom. The molecule has 2 rings (SSSR count). The maximum absolute atomic E-state index is 10.8. The Kier molecular flexibility index (Phi) is 4.93. The second-order valence-electron chi connectivity index (χ2n) is 4.84. The standard InChI is InChI=1S/C13H19NO5/c1-17-8-12-6-10(14-19-12)7-18-11-4-2-9(3-5-11)13(15)16/h6,9,11H,2-5,7-8H2,1H3,(H,15,16). The zero-order chi connectivity index (χ0) is 13.7. The van der Waals surface area contributed by atoms with Gasteiger partial charge in [-0.3, -0.25) is 4.79 Å². The summed E-state index contributed by atoms with van der Waals surface area (Å²) in [6, 6.07) is 1.81. The molecule has 0 amide bonds. The highest BCUT2D eigenvalue weighted by molar-refractivity contribution is 5.70. The molecule has 1 fully saturated rings. The summed E-state index contributed by atoms with van der Waals surface area (Å²) in [5, 5.41) is 12.8. The van der Waals surface area contributed by atoms with Crippen LogP contribution in [-0.4, -0.2) is 29.4 Å². The van der Waals surface area contributed by atoms with Crippen LogP contribution in [-0.2, 0) is 27.5 Å². The molecule has 1 aromatic rings. The third-order valence-corrected chi connectivity index (χ3v) is 3.38. The lowest BCUT2D eigenvalue weighted by Crippen LogP contribution is -2.25. The van der Waals surface area contributed by atoms with E-state index in [1.807, 2.05) is 6.07 Å². The molecule has 0 atom stereocenters. The molecule has 19 heavy (non-hydrogen) atoms. The summed E-state index contributed by atoms with van der Waals surface area (Å²) in [6.07, 6.45) is 3.08. The van der Waals surface area contributed by atoms with Gasteiger partial charge in [-0.25, -0.2) is 0 Å². The van der Waals surface area contributed by atoms with Gasteiger partial charge in [0.25, 0.3) is 0 Å². The molecular weight excluding hydrogens is 250 g/mol. The summed E-state index contributed by atoms with van der Waals surface area (Å²) in [4.78, 5) is 10.8. The van der Waals surface area contributed by atoms with Crippen LogP contribution in [0, 0.1) is 5.92 Å². The molecule has 1 N–H and O–H groups in total. The second kappa shape index (κ2) is 6.68. The van der Waals surface area contributed by atoms with Gasteiger partial charge in [0.15, 0.2) is 5.76 Å². The molecule has 6 nitrogen and oxygen atoms in total. The second-order valence-corrected chi connectivity index (χ2v) is 4.84. The van der Waals surface area contributed by atoms with Gasteiger partial charge in [-0.05, 0) is 25.7 Å². The molecule has 0 unspecified atom stereocenters. The maximum atomic E-state index is 10.8. The van der Waals surface area contributed by atoms with Crippen LogP contribution in [0.4, 0.5) is 0 Å². The quantitative estimate of drug-likeness (QED) is 0.850. The SMILES string of the molecule is COCc1cc(COC2CCC(C(=O)O)CC2)no1. The van der Waals surface area contributed by atoms with Crippen molar-refractivity contribution in [2.45, 2.75) is 45.0 Å². The average Bonchev–Trinajstić information content (AvgIpc) is 2.85. The molecule has 6 heteroatoms. The molecule has 1 saturated carbocycles. The van der Waals surface area contributed by atoms with Crippen LogP contribution in [0.1, 0.15) is 37.1 Å². The number of hydrogen-bond donors (Lipinski definition) is 1. The van der Waals surface area contributed by atoms with Gasteiger partial charge in [0.2, 0.25) is 0 Å². The van der Waals surface area contributed by atoms with Crippen molar-refractivity contribution in [3.63, 3.8) is 0 Å². The van der Waals surface area contributed by atoms with Crippen molar-refractivity contribution in [2.24, 2.45) is 5.92 Å². The molecule has 1 heterocycles. The van der Waals surface area contributed by atoms with E-state index in [1.54, 1.807) is 7.11 Å². The molecule has 0 spiro atoms. The summed E-state index contributed by atoms with van der Waals surface area (Å²) < 4.78 is 15.7. The van der Waals surface area contributed by atoms with Gasteiger partial charge < -0.3 is 19.1 Å². The number of aliphatic carboxylic acids is 1. The number of ether oxygens (including phenoxy) is 2.